The van der Waals surface area contributed by atoms with Gasteiger partial charge in [0.25, 0.3) is 0 Å². The minimum Gasteiger partial charge on any atom is -0.465 e. The largest absolute Gasteiger partial charge is 0.465 e. The molecule has 0 aromatic heterocycles. The second-order valence-electron chi connectivity index (χ2n) is 4.37. The Morgan fingerprint density at radius 2 is 2.00 bits per heavy atom. The Kier molecular flexibility index (Phi) is 6.49. The molecule has 0 radical (unpaired) electrons. The Balaban J connectivity index is 2.29. The van der Waals surface area contributed by atoms with Gasteiger partial charge in [-0.1, -0.05) is 0 Å². The molecule has 0 aromatic carbocycles. The fraction of sp³-hybridized carbons (Fsp3) is 0.833. The van der Waals surface area contributed by atoms with Crippen LogP contribution in [0.3, 0.4) is 0 Å². The number of ether oxygens (including phenoxy) is 1. The number of amides is 1. The highest BCUT2D eigenvalue weighted by Gasteiger charge is 2.25. The van der Waals surface area contributed by atoms with Crippen LogP contribution in [-0.2, 0) is 14.3 Å². The maximum atomic E-state index is 12.0. The van der Waals surface area contributed by atoms with Gasteiger partial charge in [0, 0.05) is 18.8 Å². The topological polar surface area (TPSA) is 72.6 Å². The maximum absolute atomic E-state index is 12.0. The molecule has 1 aliphatic rings. The molecule has 2 N–H and O–H groups in total. The first-order valence-electron chi connectivity index (χ1n) is 6.38. The fourth-order valence-electron chi connectivity index (χ4n) is 1.83. The van der Waals surface area contributed by atoms with Gasteiger partial charge < -0.3 is 15.4 Å². The summed E-state index contributed by atoms with van der Waals surface area (Å²) in [7, 11) is 0. The molecule has 1 heterocycles. The van der Waals surface area contributed by atoms with E-state index < -0.39 is 12.0 Å². The van der Waals surface area contributed by atoms with Gasteiger partial charge in [-0.2, -0.15) is 0 Å². The number of esters is 1. The first kappa shape index (κ1) is 15.3. The van der Waals surface area contributed by atoms with E-state index in [1.165, 1.54) is 11.8 Å². The number of carbonyl (C=O) groups is 2. The van der Waals surface area contributed by atoms with Gasteiger partial charge in [0.05, 0.1) is 11.9 Å². The Bertz CT molecular complexity index is 293. The molecule has 1 saturated heterocycles. The van der Waals surface area contributed by atoms with Crippen molar-refractivity contribution in [3.8, 4) is 0 Å². The lowest BCUT2D eigenvalue weighted by Crippen LogP contribution is -2.38. The summed E-state index contributed by atoms with van der Waals surface area (Å²) >= 11 is 1.42. The highest BCUT2D eigenvalue weighted by Crippen LogP contribution is 2.17. The molecule has 2 atom stereocenters. The summed E-state index contributed by atoms with van der Waals surface area (Å²) in [6.45, 7) is 5.65. The van der Waals surface area contributed by atoms with Crippen molar-refractivity contribution in [3.05, 3.63) is 0 Å². The van der Waals surface area contributed by atoms with E-state index in [-0.39, 0.29) is 11.2 Å². The smallest absolute Gasteiger partial charge is 0.323 e. The summed E-state index contributed by atoms with van der Waals surface area (Å²) in [6.07, 6.45) is 2.18. The van der Waals surface area contributed by atoms with E-state index in [0.29, 0.717) is 12.4 Å². The third-order valence-corrected chi connectivity index (χ3v) is 4.13. The molecule has 104 valence electrons. The molecule has 1 aliphatic heterocycles. The maximum Gasteiger partial charge on any atom is 0.323 e. The van der Waals surface area contributed by atoms with Crippen LogP contribution in [0.2, 0.25) is 0 Å². The quantitative estimate of drug-likeness (QED) is 0.719. The molecule has 0 aliphatic carbocycles. The standard InChI is InChI=1S/C12H22N2O3S/c1-3-17-12(16)10(13)8-18-9(2)11(15)14-6-4-5-7-14/h9-10H,3-8,13H2,1-2H3. The first-order chi connectivity index (χ1) is 8.56. The van der Waals surface area contributed by atoms with Gasteiger partial charge in [0.1, 0.15) is 6.04 Å². The van der Waals surface area contributed by atoms with Gasteiger partial charge in [0.2, 0.25) is 5.91 Å². The number of thioether (sulfide) groups is 1. The predicted molar refractivity (Wildman–Crippen MR) is 72.3 cm³/mol. The summed E-state index contributed by atoms with van der Waals surface area (Å²) in [6, 6.07) is -0.649. The van der Waals surface area contributed by atoms with Crippen LogP contribution in [0, 0.1) is 0 Å². The Hall–Kier alpha value is -0.750. The van der Waals surface area contributed by atoms with Crippen molar-refractivity contribution in [2.45, 2.75) is 38.0 Å². The van der Waals surface area contributed by atoms with Crippen LogP contribution in [-0.4, -0.2) is 53.5 Å². The molecular formula is C12H22N2O3S. The zero-order valence-electron chi connectivity index (χ0n) is 11.1. The summed E-state index contributed by atoms with van der Waals surface area (Å²) in [5.41, 5.74) is 5.68. The highest BCUT2D eigenvalue weighted by atomic mass is 32.2. The molecule has 1 fully saturated rings. The van der Waals surface area contributed by atoms with E-state index in [4.69, 9.17) is 10.5 Å². The van der Waals surface area contributed by atoms with Crippen LogP contribution < -0.4 is 5.73 Å². The molecular weight excluding hydrogens is 252 g/mol. The average Bonchev–Trinajstić information content (AvgIpc) is 2.88. The summed E-state index contributed by atoms with van der Waals surface area (Å²) in [5.74, 6) is 0.166. The van der Waals surface area contributed by atoms with Gasteiger partial charge >= 0.3 is 5.97 Å². The van der Waals surface area contributed by atoms with Gasteiger partial charge in [0.15, 0.2) is 0 Å². The monoisotopic (exact) mass is 274 g/mol. The summed E-state index contributed by atoms with van der Waals surface area (Å²) in [5, 5.41) is -0.149. The molecule has 5 nitrogen and oxygen atoms in total. The van der Waals surface area contributed by atoms with E-state index in [9.17, 15) is 9.59 Å². The van der Waals surface area contributed by atoms with Crippen molar-refractivity contribution in [3.63, 3.8) is 0 Å². The third kappa shape index (κ3) is 4.49. The molecule has 0 bridgehead atoms. The Labute approximate surface area is 112 Å². The lowest BCUT2D eigenvalue weighted by atomic mass is 10.4. The zero-order chi connectivity index (χ0) is 13.5. The van der Waals surface area contributed by atoms with E-state index in [1.54, 1.807) is 6.92 Å². The number of nitrogens with zero attached hydrogens (tertiary/aromatic N) is 1. The van der Waals surface area contributed by atoms with Crippen molar-refractivity contribution in [2.24, 2.45) is 5.73 Å². The van der Waals surface area contributed by atoms with Gasteiger partial charge in [-0.25, -0.2) is 0 Å². The predicted octanol–water partition coefficient (Wildman–Crippen LogP) is 0.621. The lowest BCUT2D eigenvalue weighted by molar-refractivity contribution is -0.144. The van der Waals surface area contributed by atoms with E-state index in [0.717, 1.165) is 25.9 Å². The highest BCUT2D eigenvalue weighted by molar-refractivity contribution is 8.00. The van der Waals surface area contributed by atoms with E-state index in [2.05, 4.69) is 0 Å². The minimum atomic E-state index is -0.649. The average molecular weight is 274 g/mol. The van der Waals surface area contributed by atoms with Gasteiger partial charge in [-0.05, 0) is 26.7 Å². The Morgan fingerprint density at radius 1 is 1.39 bits per heavy atom. The zero-order valence-corrected chi connectivity index (χ0v) is 11.9. The summed E-state index contributed by atoms with van der Waals surface area (Å²) in [4.78, 5) is 25.2. The minimum absolute atomic E-state index is 0.147. The molecule has 1 amide bonds. The number of hydrogen-bond acceptors (Lipinski definition) is 5. The first-order valence-corrected chi connectivity index (χ1v) is 7.43. The van der Waals surface area contributed by atoms with E-state index in [1.807, 2.05) is 11.8 Å². The van der Waals surface area contributed by atoms with Crippen LogP contribution in [0.1, 0.15) is 26.7 Å². The second kappa shape index (κ2) is 7.63. The van der Waals surface area contributed by atoms with Crippen LogP contribution in [0.4, 0.5) is 0 Å². The molecule has 18 heavy (non-hydrogen) atoms. The van der Waals surface area contributed by atoms with Crippen LogP contribution in [0.5, 0.6) is 0 Å². The van der Waals surface area contributed by atoms with E-state index >= 15 is 0 Å². The van der Waals surface area contributed by atoms with Crippen LogP contribution in [0.25, 0.3) is 0 Å². The van der Waals surface area contributed by atoms with Gasteiger partial charge in [-0.3, -0.25) is 9.59 Å². The number of carbonyl (C=O) groups excluding carboxylic acids is 2. The molecule has 2 unspecified atom stereocenters. The number of rotatable bonds is 6. The summed E-state index contributed by atoms with van der Waals surface area (Å²) < 4.78 is 4.82. The second-order valence-corrected chi connectivity index (χ2v) is 5.74. The fourth-order valence-corrected chi connectivity index (χ4v) is 2.76. The number of hydrogen-bond donors (Lipinski definition) is 1. The van der Waals surface area contributed by atoms with Crippen molar-refractivity contribution < 1.29 is 14.3 Å². The van der Waals surface area contributed by atoms with Crippen molar-refractivity contribution in [1.29, 1.82) is 0 Å². The van der Waals surface area contributed by atoms with Crippen LogP contribution >= 0.6 is 11.8 Å². The number of likely N-dealkylation sites (tertiary alicyclic amines) is 1. The lowest BCUT2D eigenvalue weighted by Gasteiger charge is -2.20. The SMILES string of the molecule is CCOC(=O)C(N)CSC(C)C(=O)N1CCCC1. The molecule has 0 saturated carbocycles. The van der Waals surface area contributed by atoms with Crippen molar-refractivity contribution >= 4 is 23.6 Å². The van der Waals surface area contributed by atoms with Crippen molar-refractivity contribution in [1.82, 2.24) is 4.90 Å². The van der Waals surface area contributed by atoms with Gasteiger partial charge in [-0.15, -0.1) is 11.8 Å². The molecule has 0 spiro atoms. The third-order valence-electron chi connectivity index (χ3n) is 2.88. The normalized spacial score (nSPS) is 18.5. The van der Waals surface area contributed by atoms with Crippen molar-refractivity contribution in [2.75, 3.05) is 25.4 Å². The molecule has 6 heteroatoms. The molecule has 0 aromatic rings. The van der Waals surface area contributed by atoms with Crippen LogP contribution in [0.15, 0.2) is 0 Å². The number of nitrogens with two attached hydrogens (primary N) is 1. The molecule has 1 rings (SSSR count). The Morgan fingerprint density at radius 3 is 2.56 bits per heavy atom.